The highest BCUT2D eigenvalue weighted by Gasteiger charge is 2.24. The molecule has 1 unspecified atom stereocenters. The third-order valence-corrected chi connectivity index (χ3v) is 4.02. The van der Waals surface area contributed by atoms with E-state index in [1.807, 2.05) is 13.0 Å². The van der Waals surface area contributed by atoms with E-state index in [0.29, 0.717) is 11.8 Å². The van der Waals surface area contributed by atoms with Gasteiger partial charge in [-0.2, -0.15) is 0 Å². The highest BCUT2D eigenvalue weighted by atomic mass is 16.4. The van der Waals surface area contributed by atoms with Crippen LogP contribution in [0.25, 0.3) is 0 Å². The fraction of sp³-hybridized carbons (Fsp3) is 0.643. The predicted molar refractivity (Wildman–Crippen MR) is 77.1 cm³/mol. The van der Waals surface area contributed by atoms with E-state index < -0.39 is 0 Å². The van der Waals surface area contributed by atoms with Crippen molar-refractivity contribution in [1.82, 2.24) is 15.2 Å². The maximum atomic E-state index is 11.5. The van der Waals surface area contributed by atoms with Crippen molar-refractivity contribution in [2.75, 3.05) is 26.7 Å². The number of piperazine rings is 1. The molecule has 3 N–H and O–H groups in total. The number of amides is 1. The van der Waals surface area contributed by atoms with Crippen LogP contribution < -0.4 is 11.3 Å². The summed E-state index contributed by atoms with van der Waals surface area (Å²) < 4.78 is 5.62. The summed E-state index contributed by atoms with van der Waals surface area (Å²) in [6.45, 7) is 7.93. The maximum absolute atomic E-state index is 11.5. The molecule has 112 valence electrons. The van der Waals surface area contributed by atoms with Gasteiger partial charge in [0, 0.05) is 31.2 Å². The van der Waals surface area contributed by atoms with Crippen LogP contribution in [0.15, 0.2) is 10.5 Å². The van der Waals surface area contributed by atoms with Crippen LogP contribution >= 0.6 is 0 Å². The number of aryl methyl sites for hydroxylation is 1. The molecule has 0 radical (unpaired) electrons. The number of hydrazine groups is 1. The van der Waals surface area contributed by atoms with Gasteiger partial charge in [0.25, 0.3) is 0 Å². The van der Waals surface area contributed by atoms with Crippen LogP contribution in [0.5, 0.6) is 0 Å². The topological polar surface area (TPSA) is 74.7 Å². The zero-order chi connectivity index (χ0) is 14.7. The van der Waals surface area contributed by atoms with E-state index in [1.54, 1.807) is 0 Å². The average Bonchev–Trinajstić information content (AvgIpc) is 2.80. The molecule has 1 aliphatic rings. The first-order chi connectivity index (χ1) is 9.55. The SMILES string of the molecule is CCC1CN(Cc2cc(C)c(C(=O)NN)o2)CCN1C. The second-order valence-corrected chi connectivity index (χ2v) is 5.48. The van der Waals surface area contributed by atoms with E-state index in [0.717, 1.165) is 43.9 Å². The molecule has 20 heavy (non-hydrogen) atoms. The quantitative estimate of drug-likeness (QED) is 0.483. The first-order valence-electron chi connectivity index (χ1n) is 7.08. The van der Waals surface area contributed by atoms with Crippen molar-refractivity contribution in [3.05, 3.63) is 23.2 Å². The van der Waals surface area contributed by atoms with Gasteiger partial charge in [-0.3, -0.25) is 15.1 Å². The lowest BCUT2D eigenvalue weighted by molar-refractivity contribution is 0.0817. The van der Waals surface area contributed by atoms with Gasteiger partial charge in [0.15, 0.2) is 5.76 Å². The van der Waals surface area contributed by atoms with Gasteiger partial charge >= 0.3 is 5.91 Å². The number of nitrogens with two attached hydrogens (primary N) is 1. The number of hydrogen-bond donors (Lipinski definition) is 2. The summed E-state index contributed by atoms with van der Waals surface area (Å²) >= 11 is 0. The van der Waals surface area contributed by atoms with Crippen molar-refractivity contribution in [3.63, 3.8) is 0 Å². The van der Waals surface area contributed by atoms with Gasteiger partial charge in [0.1, 0.15) is 5.76 Å². The number of carbonyl (C=O) groups excluding carboxylic acids is 1. The zero-order valence-electron chi connectivity index (χ0n) is 12.5. The molecule has 6 heteroatoms. The minimum absolute atomic E-state index is 0.309. The van der Waals surface area contributed by atoms with Crippen LogP contribution in [0.1, 0.15) is 35.2 Å². The first kappa shape index (κ1) is 15.0. The molecule has 0 aromatic carbocycles. The van der Waals surface area contributed by atoms with E-state index in [9.17, 15) is 4.79 Å². The number of nitrogens with one attached hydrogen (secondary N) is 1. The van der Waals surface area contributed by atoms with Crippen molar-refractivity contribution in [2.24, 2.45) is 5.84 Å². The normalized spacial score (nSPS) is 21.1. The van der Waals surface area contributed by atoms with Gasteiger partial charge in [0.2, 0.25) is 0 Å². The molecule has 1 aromatic heterocycles. The van der Waals surface area contributed by atoms with Crippen molar-refractivity contribution < 1.29 is 9.21 Å². The van der Waals surface area contributed by atoms with Gasteiger partial charge in [-0.25, -0.2) is 5.84 Å². The Morgan fingerprint density at radius 3 is 2.95 bits per heavy atom. The van der Waals surface area contributed by atoms with E-state index in [-0.39, 0.29) is 5.91 Å². The summed E-state index contributed by atoms with van der Waals surface area (Å²) in [7, 11) is 2.17. The number of rotatable bonds is 4. The Morgan fingerprint density at radius 2 is 2.30 bits per heavy atom. The first-order valence-corrected chi connectivity index (χ1v) is 7.08. The van der Waals surface area contributed by atoms with Crippen LogP contribution in [0.2, 0.25) is 0 Å². The van der Waals surface area contributed by atoms with E-state index in [4.69, 9.17) is 10.3 Å². The predicted octanol–water partition coefficient (Wildman–Crippen LogP) is 0.718. The number of nitrogens with zero attached hydrogens (tertiary/aromatic N) is 2. The lowest BCUT2D eigenvalue weighted by Crippen LogP contribution is -2.50. The number of carbonyl (C=O) groups is 1. The van der Waals surface area contributed by atoms with Crippen LogP contribution in [0.4, 0.5) is 0 Å². The molecule has 1 amide bonds. The molecule has 1 fully saturated rings. The highest BCUT2D eigenvalue weighted by molar-refractivity contribution is 5.92. The van der Waals surface area contributed by atoms with Crippen LogP contribution in [0.3, 0.4) is 0 Å². The fourth-order valence-corrected chi connectivity index (χ4v) is 2.73. The minimum Gasteiger partial charge on any atom is -0.454 e. The zero-order valence-corrected chi connectivity index (χ0v) is 12.5. The second-order valence-electron chi connectivity index (χ2n) is 5.48. The van der Waals surface area contributed by atoms with E-state index in [1.165, 1.54) is 0 Å². The number of furan rings is 1. The Hall–Kier alpha value is -1.37. The molecule has 0 saturated carbocycles. The highest BCUT2D eigenvalue weighted by Crippen LogP contribution is 2.18. The molecule has 0 aliphatic carbocycles. The fourth-order valence-electron chi connectivity index (χ4n) is 2.73. The summed E-state index contributed by atoms with van der Waals surface area (Å²) in [5, 5.41) is 0. The monoisotopic (exact) mass is 280 g/mol. The molecular formula is C14H24N4O2. The molecular weight excluding hydrogens is 256 g/mol. The largest absolute Gasteiger partial charge is 0.454 e. The molecule has 1 aliphatic heterocycles. The third kappa shape index (κ3) is 3.20. The van der Waals surface area contributed by atoms with Crippen LogP contribution in [-0.2, 0) is 6.54 Å². The van der Waals surface area contributed by atoms with E-state index in [2.05, 4.69) is 29.2 Å². The van der Waals surface area contributed by atoms with Crippen molar-refractivity contribution in [2.45, 2.75) is 32.9 Å². The Bertz CT molecular complexity index is 472. The van der Waals surface area contributed by atoms with Crippen molar-refractivity contribution in [1.29, 1.82) is 0 Å². The molecule has 1 atom stereocenters. The molecule has 1 aromatic rings. The molecule has 2 rings (SSSR count). The van der Waals surface area contributed by atoms with Crippen molar-refractivity contribution >= 4 is 5.91 Å². The smallest absolute Gasteiger partial charge is 0.301 e. The number of nitrogen functional groups attached to an aromatic ring is 1. The van der Waals surface area contributed by atoms with Crippen molar-refractivity contribution in [3.8, 4) is 0 Å². The molecule has 0 bridgehead atoms. The lowest BCUT2D eigenvalue weighted by atomic mass is 10.1. The average molecular weight is 280 g/mol. The van der Waals surface area contributed by atoms with Crippen LogP contribution in [0, 0.1) is 6.92 Å². The molecule has 0 spiro atoms. The van der Waals surface area contributed by atoms with Gasteiger partial charge in [-0.1, -0.05) is 6.92 Å². The summed E-state index contributed by atoms with van der Waals surface area (Å²) in [4.78, 5) is 16.3. The molecule has 6 nitrogen and oxygen atoms in total. The Morgan fingerprint density at radius 1 is 1.55 bits per heavy atom. The Balaban J connectivity index is 2.02. The summed E-state index contributed by atoms with van der Waals surface area (Å²) in [6.07, 6.45) is 1.14. The summed E-state index contributed by atoms with van der Waals surface area (Å²) in [5.41, 5.74) is 2.93. The second kappa shape index (κ2) is 6.39. The number of likely N-dealkylation sites (N-methyl/N-ethyl adjacent to an activating group) is 1. The standard InChI is InChI=1S/C14H24N4O2/c1-4-11-8-18(6-5-17(11)3)9-12-7-10(2)13(20-12)14(19)16-15/h7,11H,4-6,8-9,15H2,1-3H3,(H,16,19). The molecule has 1 saturated heterocycles. The van der Waals surface area contributed by atoms with E-state index >= 15 is 0 Å². The Labute approximate surface area is 119 Å². The lowest BCUT2D eigenvalue weighted by Gasteiger charge is -2.38. The maximum Gasteiger partial charge on any atom is 0.301 e. The van der Waals surface area contributed by atoms with Crippen LogP contribution in [-0.4, -0.2) is 48.4 Å². The minimum atomic E-state index is -0.376. The van der Waals surface area contributed by atoms with Gasteiger partial charge in [-0.15, -0.1) is 0 Å². The third-order valence-electron chi connectivity index (χ3n) is 4.02. The Kier molecular flexibility index (Phi) is 4.80. The summed E-state index contributed by atoms with van der Waals surface area (Å²) in [6, 6.07) is 2.51. The number of hydrogen-bond acceptors (Lipinski definition) is 5. The summed E-state index contributed by atoms with van der Waals surface area (Å²) in [5.74, 6) is 5.90. The molecule has 2 heterocycles. The van der Waals surface area contributed by atoms with Gasteiger partial charge in [0.05, 0.1) is 6.54 Å². The van der Waals surface area contributed by atoms with Gasteiger partial charge in [-0.05, 0) is 26.5 Å². The van der Waals surface area contributed by atoms with Gasteiger partial charge < -0.3 is 9.32 Å².